The third-order valence-corrected chi connectivity index (χ3v) is 4.31. The molecule has 4 heteroatoms. The van der Waals surface area contributed by atoms with Crippen molar-refractivity contribution in [2.24, 2.45) is 0 Å². The highest BCUT2D eigenvalue weighted by molar-refractivity contribution is 7.11. The normalized spacial score (nSPS) is 15.7. The number of hydrogen-bond donors (Lipinski definition) is 1. The largest absolute Gasteiger partial charge is 0.308 e. The first-order valence-electron chi connectivity index (χ1n) is 6.89. The van der Waals surface area contributed by atoms with Crippen LogP contribution in [-0.2, 0) is 6.54 Å². The van der Waals surface area contributed by atoms with Gasteiger partial charge in [0.1, 0.15) is 10.0 Å². The third kappa shape index (κ3) is 4.03. The van der Waals surface area contributed by atoms with E-state index in [-0.39, 0.29) is 0 Å². The van der Waals surface area contributed by atoms with Crippen LogP contribution in [0.1, 0.15) is 68.3 Å². The molecule has 1 aromatic rings. The van der Waals surface area contributed by atoms with Crippen molar-refractivity contribution < 1.29 is 0 Å². The summed E-state index contributed by atoms with van der Waals surface area (Å²) in [6.45, 7) is 5.41. The fraction of sp³-hybridized carbons (Fsp3) is 0.846. The molecule has 2 rings (SSSR count). The summed E-state index contributed by atoms with van der Waals surface area (Å²) in [5.41, 5.74) is 0. The maximum Gasteiger partial charge on any atom is 0.131 e. The third-order valence-electron chi connectivity index (χ3n) is 3.23. The van der Waals surface area contributed by atoms with Crippen LogP contribution in [0.15, 0.2) is 0 Å². The van der Waals surface area contributed by atoms with Crippen LogP contribution >= 0.6 is 11.3 Å². The van der Waals surface area contributed by atoms with Crippen molar-refractivity contribution in [3.05, 3.63) is 10.0 Å². The second-order valence-corrected chi connectivity index (χ2v) is 6.06. The summed E-state index contributed by atoms with van der Waals surface area (Å²) in [5.74, 6) is 0.636. The summed E-state index contributed by atoms with van der Waals surface area (Å²) in [6, 6.07) is 0.754. The fourth-order valence-electron chi connectivity index (χ4n) is 2.11. The summed E-state index contributed by atoms with van der Waals surface area (Å²) in [6.07, 6.45) is 7.64. The van der Waals surface area contributed by atoms with E-state index < -0.39 is 0 Å². The lowest BCUT2D eigenvalue weighted by atomic mass is 9.99. The highest BCUT2D eigenvalue weighted by Gasteiger charge is 2.21. The molecular weight excluding hydrogens is 230 g/mol. The maximum absolute atomic E-state index is 4.38. The number of hydrogen-bond acceptors (Lipinski definition) is 4. The topological polar surface area (TPSA) is 37.8 Å². The molecule has 0 bridgehead atoms. The molecule has 0 aliphatic heterocycles. The zero-order valence-corrected chi connectivity index (χ0v) is 11.7. The lowest BCUT2D eigenvalue weighted by Crippen LogP contribution is -2.14. The summed E-state index contributed by atoms with van der Waals surface area (Å²) < 4.78 is 0. The minimum atomic E-state index is 0.636. The van der Waals surface area contributed by atoms with Crippen LogP contribution < -0.4 is 5.32 Å². The van der Waals surface area contributed by atoms with Crippen LogP contribution in [0, 0.1) is 0 Å². The van der Waals surface area contributed by atoms with Crippen LogP contribution in [0.2, 0.25) is 0 Å². The fourth-order valence-corrected chi connectivity index (χ4v) is 3.07. The van der Waals surface area contributed by atoms with E-state index in [2.05, 4.69) is 29.4 Å². The standard InChI is InChI=1S/C13H23N3S/c1-3-5-10(6-4-2)13-16-15-12(17-13)9-14-11-7-8-11/h10-11,14H,3-9H2,1-2H3. The zero-order valence-electron chi connectivity index (χ0n) is 10.9. The Bertz CT molecular complexity index is 327. The van der Waals surface area contributed by atoms with E-state index in [9.17, 15) is 0 Å². The van der Waals surface area contributed by atoms with Gasteiger partial charge in [0.05, 0.1) is 0 Å². The number of aromatic nitrogens is 2. The number of nitrogens with zero attached hydrogens (tertiary/aromatic N) is 2. The minimum absolute atomic E-state index is 0.636. The lowest BCUT2D eigenvalue weighted by Gasteiger charge is -2.10. The summed E-state index contributed by atoms with van der Waals surface area (Å²) >= 11 is 1.81. The quantitative estimate of drug-likeness (QED) is 0.771. The first-order valence-corrected chi connectivity index (χ1v) is 7.70. The Balaban J connectivity index is 1.88. The molecule has 0 aromatic carbocycles. The molecule has 0 unspecified atom stereocenters. The second-order valence-electron chi connectivity index (χ2n) is 4.96. The van der Waals surface area contributed by atoms with Crippen molar-refractivity contribution in [2.45, 2.75) is 70.9 Å². The van der Waals surface area contributed by atoms with Gasteiger partial charge in [-0.2, -0.15) is 0 Å². The molecule has 0 amide bonds. The van der Waals surface area contributed by atoms with Crippen molar-refractivity contribution >= 4 is 11.3 Å². The molecule has 1 aliphatic carbocycles. The van der Waals surface area contributed by atoms with Crippen LogP contribution in [-0.4, -0.2) is 16.2 Å². The molecule has 1 saturated carbocycles. The van der Waals surface area contributed by atoms with E-state index >= 15 is 0 Å². The van der Waals surface area contributed by atoms with Gasteiger partial charge in [0, 0.05) is 18.5 Å². The maximum atomic E-state index is 4.38. The molecule has 1 aromatic heterocycles. The molecule has 1 heterocycles. The van der Waals surface area contributed by atoms with E-state index in [1.165, 1.54) is 43.5 Å². The summed E-state index contributed by atoms with van der Waals surface area (Å²) in [5, 5.41) is 14.6. The van der Waals surface area contributed by atoms with Crippen LogP contribution in [0.5, 0.6) is 0 Å². The van der Waals surface area contributed by atoms with E-state index in [1.54, 1.807) is 11.3 Å². The molecular formula is C13H23N3S. The Morgan fingerprint density at radius 3 is 2.53 bits per heavy atom. The van der Waals surface area contributed by atoms with Crippen molar-refractivity contribution in [3.63, 3.8) is 0 Å². The Morgan fingerprint density at radius 1 is 1.24 bits per heavy atom. The molecule has 0 saturated heterocycles. The number of nitrogens with one attached hydrogen (secondary N) is 1. The molecule has 1 fully saturated rings. The molecule has 96 valence electrons. The van der Waals surface area contributed by atoms with Crippen molar-refractivity contribution in [2.75, 3.05) is 0 Å². The smallest absolute Gasteiger partial charge is 0.131 e. The van der Waals surface area contributed by atoms with Gasteiger partial charge >= 0.3 is 0 Å². The Kier molecular flexibility index (Phi) is 4.92. The van der Waals surface area contributed by atoms with Gasteiger partial charge in [-0.1, -0.05) is 38.0 Å². The van der Waals surface area contributed by atoms with Crippen molar-refractivity contribution in [1.82, 2.24) is 15.5 Å². The highest BCUT2D eigenvalue weighted by Crippen LogP contribution is 2.29. The zero-order chi connectivity index (χ0) is 12.1. The minimum Gasteiger partial charge on any atom is -0.308 e. The van der Waals surface area contributed by atoms with Gasteiger partial charge in [-0.3, -0.25) is 0 Å². The van der Waals surface area contributed by atoms with E-state index in [0.717, 1.165) is 17.6 Å². The van der Waals surface area contributed by atoms with Gasteiger partial charge in [0.15, 0.2) is 0 Å². The molecule has 3 nitrogen and oxygen atoms in total. The van der Waals surface area contributed by atoms with E-state index in [4.69, 9.17) is 0 Å². The first-order chi connectivity index (χ1) is 8.33. The number of rotatable bonds is 8. The molecule has 1 N–H and O–H groups in total. The Morgan fingerprint density at radius 2 is 1.94 bits per heavy atom. The lowest BCUT2D eigenvalue weighted by molar-refractivity contribution is 0.553. The van der Waals surface area contributed by atoms with E-state index in [0.29, 0.717) is 5.92 Å². The first kappa shape index (κ1) is 13.0. The van der Waals surface area contributed by atoms with Gasteiger partial charge in [-0.25, -0.2) is 0 Å². The highest BCUT2D eigenvalue weighted by atomic mass is 32.1. The molecule has 1 aliphatic rings. The SMILES string of the molecule is CCCC(CCC)c1nnc(CNC2CC2)s1. The Hall–Kier alpha value is -0.480. The van der Waals surface area contributed by atoms with Crippen molar-refractivity contribution in [3.8, 4) is 0 Å². The van der Waals surface area contributed by atoms with Gasteiger partial charge in [-0.05, 0) is 25.7 Å². The van der Waals surface area contributed by atoms with E-state index in [1.807, 2.05) is 0 Å². The van der Waals surface area contributed by atoms with Gasteiger partial charge in [0.2, 0.25) is 0 Å². The predicted molar refractivity (Wildman–Crippen MR) is 72.3 cm³/mol. The Labute approximate surface area is 108 Å². The van der Waals surface area contributed by atoms with Gasteiger partial charge in [-0.15, -0.1) is 10.2 Å². The van der Waals surface area contributed by atoms with Crippen LogP contribution in [0.3, 0.4) is 0 Å². The summed E-state index contributed by atoms with van der Waals surface area (Å²) in [4.78, 5) is 0. The van der Waals surface area contributed by atoms with Gasteiger partial charge < -0.3 is 5.32 Å². The molecule has 0 spiro atoms. The molecule has 0 radical (unpaired) electrons. The average Bonchev–Trinajstić information content (AvgIpc) is 3.04. The predicted octanol–water partition coefficient (Wildman–Crippen LogP) is 3.47. The van der Waals surface area contributed by atoms with Crippen molar-refractivity contribution in [1.29, 1.82) is 0 Å². The second kappa shape index (κ2) is 6.45. The van der Waals surface area contributed by atoms with Gasteiger partial charge in [0.25, 0.3) is 0 Å². The molecule has 17 heavy (non-hydrogen) atoms. The monoisotopic (exact) mass is 253 g/mol. The molecule has 0 atom stereocenters. The van der Waals surface area contributed by atoms with Crippen LogP contribution in [0.4, 0.5) is 0 Å². The average molecular weight is 253 g/mol. The summed E-state index contributed by atoms with van der Waals surface area (Å²) in [7, 11) is 0. The van der Waals surface area contributed by atoms with Crippen LogP contribution in [0.25, 0.3) is 0 Å².